The second-order valence-corrected chi connectivity index (χ2v) is 5.80. The minimum Gasteiger partial charge on any atom is -0.494 e. The summed E-state index contributed by atoms with van der Waals surface area (Å²) in [6.07, 6.45) is 0. The Hall–Kier alpha value is -1.43. The van der Waals surface area contributed by atoms with Crippen molar-refractivity contribution in [2.24, 2.45) is 0 Å². The largest absolute Gasteiger partial charge is 0.494 e. The molecule has 0 bridgehead atoms. The molecule has 0 saturated carbocycles. The highest BCUT2D eigenvalue weighted by Gasteiger charge is 2.13. The van der Waals surface area contributed by atoms with Crippen LogP contribution in [0.5, 0.6) is 5.75 Å². The van der Waals surface area contributed by atoms with Crippen LogP contribution in [0.25, 0.3) is 0 Å². The van der Waals surface area contributed by atoms with Crippen LogP contribution < -0.4 is 10.1 Å². The van der Waals surface area contributed by atoms with Gasteiger partial charge in [-0.1, -0.05) is 13.0 Å². The molecule has 1 aromatic carbocycles. The highest BCUT2D eigenvalue weighted by atomic mass is 32.2. The molecule has 0 aliphatic heterocycles. The third-order valence-corrected chi connectivity index (χ3v) is 3.90. The second-order valence-electron chi connectivity index (χ2n) is 4.06. The van der Waals surface area contributed by atoms with Crippen LogP contribution in [0.1, 0.15) is 25.5 Å². The molecule has 19 heavy (non-hydrogen) atoms. The monoisotopic (exact) mass is 287 g/mol. The quantitative estimate of drug-likeness (QED) is 0.867. The summed E-state index contributed by atoms with van der Waals surface area (Å²) in [5.74, 6) is -0.199. The number of hydrogen-bond donors (Lipinski definition) is 1. The molecule has 0 heterocycles. The van der Waals surface area contributed by atoms with Crippen LogP contribution in [-0.4, -0.2) is 28.7 Å². The maximum absolute atomic E-state index is 13.5. The van der Waals surface area contributed by atoms with Gasteiger partial charge in [-0.05, 0) is 24.6 Å². The van der Waals surface area contributed by atoms with Gasteiger partial charge < -0.3 is 10.1 Å². The average molecular weight is 287 g/mol. The van der Waals surface area contributed by atoms with Crippen molar-refractivity contribution in [3.05, 3.63) is 29.6 Å². The van der Waals surface area contributed by atoms with Gasteiger partial charge in [0.05, 0.1) is 13.2 Å². The highest BCUT2D eigenvalue weighted by molar-refractivity contribution is 7.85. The lowest BCUT2D eigenvalue weighted by Gasteiger charge is -2.15. The van der Waals surface area contributed by atoms with Crippen molar-refractivity contribution in [3.63, 3.8) is 0 Å². The second kappa shape index (κ2) is 7.23. The van der Waals surface area contributed by atoms with Gasteiger partial charge in [-0.25, -0.2) is 4.39 Å². The van der Waals surface area contributed by atoms with Crippen molar-refractivity contribution in [2.75, 3.05) is 18.6 Å². The van der Waals surface area contributed by atoms with Gasteiger partial charge in [0, 0.05) is 16.6 Å². The van der Waals surface area contributed by atoms with E-state index < -0.39 is 16.6 Å². The molecule has 0 saturated heterocycles. The summed E-state index contributed by atoms with van der Waals surface area (Å²) in [6.45, 7) is 3.50. The molecule has 0 aliphatic rings. The molecule has 0 spiro atoms. The van der Waals surface area contributed by atoms with Crippen molar-refractivity contribution in [1.29, 1.82) is 0 Å². The maximum Gasteiger partial charge on any atom is 0.233 e. The van der Waals surface area contributed by atoms with E-state index in [2.05, 4.69) is 5.32 Å². The van der Waals surface area contributed by atoms with Crippen molar-refractivity contribution in [2.45, 2.75) is 19.9 Å². The van der Waals surface area contributed by atoms with Crippen molar-refractivity contribution < 1.29 is 18.1 Å². The standard InChI is InChI=1S/C13H18FNO3S/c1-4-19(17)8-13(16)15-9(2)10-5-6-12(18-3)11(14)7-10/h5-7,9H,4,8H2,1-3H3,(H,15,16)/t9-,19-/m1/s1. The third-order valence-electron chi connectivity index (χ3n) is 2.67. The van der Waals surface area contributed by atoms with E-state index in [4.69, 9.17) is 4.74 Å². The van der Waals surface area contributed by atoms with E-state index in [1.54, 1.807) is 19.9 Å². The van der Waals surface area contributed by atoms with Crippen LogP contribution in [0, 0.1) is 5.82 Å². The molecule has 4 nitrogen and oxygen atoms in total. The first-order chi connectivity index (χ1) is 8.97. The van der Waals surface area contributed by atoms with Gasteiger partial charge in [0.15, 0.2) is 11.6 Å². The fraction of sp³-hybridized carbons (Fsp3) is 0.462. The van der Waals surface area contributed by atoms with E-state index in [9.17, 15) is 13.4 Å². The molecule has 0 aromatic heterocycles. The van der Waals surface area contributed by atoms with Gasteiger partial charge in [0.2, 0.25) is 5.91 Å². The van der Waals surface area contributed by atoms with Gasteiger partial charge in [-0.15, -0.1) is 0 Å². The van der Waals surface area contributed by atoms with Crippen LogP contribution in [0.2, 0.25) is 0 Å². The van der Waals surface area contributed by atoms with Crippen LogP contribution in [0.4, 0.5) is 4.39 Å². The third kappa shape index (κ3) is 4.63. The minimum atomic E-state index is -1.15. The Balaban J connectivity index is 2.67. The summed E-state index contributed by atoms with van der Waals surface area (Å²) in [5, 5.41) is 2.69. The zero-order valence-corrected chi connectivity index (χ0v) is 12.1. The van der Waals surface area contributed by atoms with Gasteiger partial charge in [0.1, 0.15) is 5.75 Å². The summed E-state index contributed by atoms with van der Waals surface area (Å²) in [7, 11) is 0.247. The van der Waals surface area contributed by atoms with E-state index in [0.717, 1.165) is 0 Å². The number of hydrogen-bond acceptors (Lipinski definition) is 3. The number of carbonyl (C=O) groups is 1. The van der Waals surface area contributed by atoms with E-state index in [1.807, 2.05) is 0 Å². The van der Waals surface area contributed by atoms with E-state index in [0.29, 0.717) is 11.3 Å². The smallest absolute Gasteiger partial charge is 0.233 e. The van der Waals surface area contributed by atoms with Gasteiger partial charge in [-0.3, -0.25) is 9.00 Å². The molecule has 1 rings (SSSR count). The lowest BCUT2D eigenvalue weighted by Crippen LogP contribution is -2.31. The Morgan fingerprint density at radius 2 is 2.21 bits per heavy atom. The summed E-state index contributed by atoms with van der Waals surface area (Å²) in [5.41, 5.74) is 0.633. The lowest BCUT2D eigenvalue weighted by atomic mass is 10.1. The molecule has 1 aromatic rings. The summed E-state index contributed by atoms with van der Waals surface area (Å²) in [4.78, 5) is 11.6. The molecule has 6 heteroatoms. The predicted octanol–water partition coefficient (Wildman–Crippen LogP) is 1.78. The number of carbonyl (C=O) groups excluding carboxylic acids is 1. The number of ether oxygens (including phenoxy) is 1. The van der Waals surface area contributed by atoms with E-state index >= 15 is 0 Å². The number of methoxy groups -OCH3 is 1. The topological polar surface area (TPSA) is 55.4 Å². The molecule has 0 unspecified atom stereocenters. The first-order valence-electron chi connectivity index (χ1n) is 5.95. The number of benzene rings is 1. The molecular formula is C13H18FNO3S. The first kappa shape index (κ1) is 15.6. The predicted molar refractivity (Wildman–Crippen MR) is 73.1 cm³/mol. The molecule has 0 fully saturated rings. The maximum atomic E-state index is 13.5. The highest BCUT2D eigenvalue weighted by Crippen LogP contribution is 2.21. The van der Waals surface area contributed by atoms with Crippen LogP contribution in [0.15, 0.2) is 18.2 Å². The number of rotatable bonds is 6. The van der Waals surface area contributed by atoms with E-state index in [1.165, 1.54) is 19.2 Å². The van der Waals surface area contributed by atoms with Crippen molar-refractivity contribution >= 4 is 16.7 Å². The zero-order valence-electron chi connectivity index (χ0n) is 11.2. The van der Waals surface area contributed by atoms with Crippen molar-refractivity contribution in [3.8, 4) is 5.75 Å². The fourth-order valence-electron chi connectivity index (χ4n) is 1.57. The zero-order chi connectivity index (χ0) is 14.4. The van der Waals surface area contributed by atoms with Crippen LogP contribution in [-0.2, 0) is 15.6 Å². The fourth-order valence-corrected chi connectivity index (χ4v) is 2.15. The summed E-state index contributed by atoms with van der Waals surface area (Å²) in [6, 6.07) is 4.17. The molecule has 106 valence electrons. The molecular weight excluding hydrogens is 269 g/mol. The lowest BCUT2D eigenvalue weighted by molar-refractivity contribution is -0.119. The number of halogens is 1. The Morgan fingerprint density at radius 1 is 1.53 bits per heavy atom. The molecule has 1 amide bonds. The molecule has 1 N–H and O–H groups in total. The Kier molecular flexibility index (Phi) is 5.95. The minimum absolute atomic E-state index is 0.0283. The summed E-state index contributed by atoms with van der Waals surface area (Å²) >= 11 is 0. The summed E-state index contributed by atoms with van der Waals surface area (Å²) < 4.78 is 29.6. The number of nitrogens with one attached hydrogen (secondary N) is 1. The normalized spacial score (nSPS) is 13.7. The molecule has 0 aliphatic carbocycles. The van der Waals surface area contributed by atoms with Gasteiger partial charge >= 0.3 is 0 Å². The van der Waals surface area contributed by atoms with Gasteiger partial charge in [0.25, 0.3) is 0 Å². The first-order valence-corrected chi connectivity index (χ1v) is 7.44. The molecule has 0 radical (unpaired) electrons. The molecule has 2 atom stereocenters. The number of amides is 1. The Bertz CT molecular complexity index is 479. The van der Waals surface area contributed by atoms with Crippen LogP contribution in [0.3, 0.4) is 0 Å². The van der Waals surface area contributed by atoms with Crippen molar-refractivity contribution in [1.82, 2.24) is 5.32 Å². The van der Waals surface area contributed by atoms with Gasteiger partial charge in [-0.2, -0.15) is 0 Å². The van der Waals surface area contributed by atoms with Crippen LogP contribution >= 0.6 is 0 Å². The van der Waals surface area contributed by atoms with E-state index in [-0.39, 0.29) is 23.5 Å². The Labute approximate surface area is 114 Å². The SMILES string of the molecule is CC[S@@](=O)CC(=O)N[C@H](C)c1ccc(OC)c(F)c1. The Morgan fingerprint density at radius 3 is 2.74 bits per heavy atom. The average Bonchev–Trinajstić information content (AvgIpc) is 2.38.